The molecule has 0 aromatic carbocycles. The van der Waals surface area contributed by atoms with E-state index in [0.717, 1.165) is 19.3 Å². The first-order chi connectivity index (χ1) is 8.16. The molecule has 0 aromatic heterocycles. The molecule has 1 heterocycles. The van der Waals surface area contributed by atoms with Crippen LogP contribution in [0.1, 0.15) is 40.0 Å². The van der Waals surface area contributed by atoms with Crippen LogP contribution in [0.3, 0.4) is 0 Å². The molecule has 1 aliphatic carbocycles. The molecule has 102 valence electrons. The van der Waals surface area contributed by atoms with Crippen molar-refractivity contribution in [1.29, 1.82) is 0 Å². The van der Waals surface area contributed by atoms with Gasteiger partial charge in [0.2, 0.25) is 0 Å². The normalized spacial score (nSPS) is 32.3. The largest absolute Gasteiger partial charge is 0.449 e. The third-order valence-electron chi connectivity index (χ3n) is 4.61. The molecule has 0 saturated heterocycles. The summed E-state index contributed by atoms with van der Waals surface area (Å²) in [7, 11) is -1.81. The number of esters is 1. The Hall–Kier alpha value is -0.613. The van der Waals surface area contributed by atoms with Gasteiger partial charge in [0, 0.05) is 6.08 Å². The van der Waals surface area contributed by atoms with E-state index in [2.05, 4.69) is 33.9 Å². The number of ether oxygens (including phenoxy) is 1. The van der Waals surface area contributed by atoms with Crippen LogP contribution in [0, 0.1) is 0 Å². The summed E-state index contributed by atoms with van der Waals surface area (Å²) in [6, 6.07) is 0. The predicted octanol–water partition coefficient (Wildman–Crippen LogP) is 3.41. The van der Waals surface area contributed by atoms with Gasteiger partial charge in [-0.15, -0.1) is 0 Å². The molecule has 2 rings (SSSR count). The third kappa shape index (κ3) is 2.28. The maximum Gasteiger partial charge on any atom is 0.331 e. The monoisotopic (exact) mass is 268 g/mol. The van der Waals surface area contributed by atoms with Gasteiger partial charge in [-0.1, -0.05) is 20.8 Å². The molecule has 3 nitrogen and oxygen atoms in total. The van der Waals surface area contributed by atoms with Crippen LogP contribution >= 0.6 is 0 Å². The highest BCUT2D eigenvalue weighted by molar-refractivity contribution is 6.74. The first kappa shape index (κ1) is 13.8. The van der Waals surface area contributed by atoms with Crippen LogP contribution in [-0.4, -0.2) is 26.0 Å². The quantitative estimate of drug-likeness (QED) is 0.568. The minimum atomic E-state index is -1.81. The van der Waals surface area contributed by atoms with Gasteiger partial charge >= 0.3 is 5.97 Å². The van der Waals surface area contributed by atoms with Crippen molar-refractivity contribution < 1.29 is 14.0 Å². The minimum Gasteiger partial charge on any atom is -0.449 e. The maximum absolute atomic E-state index is 11.4. The van der Waals surface area contributed by atoms with Crippen molar-refractivity contribution in [3.8, 4) is 0 Å². The second kappa shape index (κ2) is 4.20. The van der Waals surface area contributed by atoms with E-state index in [4.69, 9.17) is 9.16 Å². The van der Waals surface area contributed by atoms with Gasteiger partial charge in [0.25, 0.3) is 0 Å². The van der Waals surface area contributed by atoms with Crippen LogP contribution in [0.15, 0.2) is 12.2 Å². The number of hydrogen-bond donors (Lipinski definition) is 0. The zero-order chi connectivity index (χ0) is 13.6. The Kier molecular flexibility index (Phi) is 3.22. The van der Waals surface area contributed by atoms with Gasteiger partial charge in [0.05, 0.1) is 6.10 Å². The van der Waals surface area contributed by atoms with Crippen molar-refractivity contribution >= 4 is 14.3 Å². The molecule has 1 spiro atoms. The lowest BCUT2D eigenvalue weighted by molar-refractivity contribution is -0.151. The second-order valence-electron chi connectivity index (χ2n) is 6.97. The lowest BCUT2D eigenvalue weighted by Crippen LogP contribution is -2.49. The lowest BCUT2D eigenvalue weighted by Gasteiger charge is -2.41. The molecule has 0 unspecified atom stereocenters. The van der Waals surface area contributed by atoms with Gasteiger partial charge in [-0.2, -0.15) is 0 Å². The van der Waals surface area contributed by atoms with E-state index in [-0.39, 0.29) is 17.1 Å². The van der Waals surface area contributed by atoms with E-state index in [1.54, 1.807) is 6.08 Å². The number of carbonyl (C=O) groups is 1. The fourth-order valence-corrected chi connectivity index (χ4v) is 3.81. The Labute approximate surface area is 111 Å². The smallest absolute Gasteiger partial charge is 0.331 e. The van der Waals surface area contributed by atoms with Crippen molar-refractivity contribution in [1.82, 2.24) is 0 Å². The molecule has 1 aliphatic heterocycles. The molecule has 1 fully saturated rings. The molecule has 0 aromatic rings. The second-order valence-corrected chi connectivity index (χ2v) is 11.7. The van der Waals surface area contributed by atoms with Gasteiger partial charge in [-0.25, -0.2) is 4.79 Å². The molecule has 0 N–H and O–H groups in total. The Morgan fingerprint density at radius 1 is 1.44 bits per heavy atom. The van der Waals surface area contributed by atoms with Crippen LogP contribution in [-0.2, 0) is 14.0 Å². The zero-order valence-corrected chi connectivity index (χ0v) is 13.1. The summed E-state index contributed by atoms with van der Waals surface area (Å²) in [6.07, 6.45) is 6.46. The van der Waals surface area contributed by atoms with Crippen molar-refractivity contribution in [2.75, 3.05) is 0 Å². The van der Waals surface area contributed by atoms with Crippen LogP contribution in [0.2, 0.25) is 18.1 Å². The molecule has 0 radical (unpaired) electrons. The highest BCUT2D eigenvalue weighted by atomic mass is 28.4. The molecular formula is C14H24O3Si. The van der Waals surface area contributed by atoms with E-state index >= 15 is 0 Å². The van der Waals surface area contributed by atoms with Gasteiger partial charge in [-0.05, 0) is 43.5 Å². The number of carbonyl (C=O) groups excluding carboxylic acids is 1. The predicted molar refractivity (Wildman–Crippen MR) is 73.9 cm³/mol. The Bertz CT molecular complexity index is 381. The van der Waals surface area contributed by atoms with Crippen molar-refractivity contribution in [2.24, 2.45) is 0 Å². The highest BCUT2D eigenvalue weighted by Crippen LogP contribution is 2.45. The average molecular weight is 268 g/mol. The van der Waals surface area contributed by atoms with Crippen molar-refractivity contribution in [3.05, 3.63) is 12.2 Å². The van der Waals surface area contributed by atoms with E-state index in [1.165, 1.54) is 0 Å². The summed E-state index contributed by atoms with van der Waals surface area (Å²) in [5.74, 6) is -0.222. The molecule has 4 heteroatoms. The molecule has 18 heavy (non-hydrogen) atoms. The molecular weight excluding hydrogens is 244 g/mol. The summed E-state index contributed by atoms with van der Waals surface area (Å²) in [4.78, 5) is 11.4. The fourth-order valence-electron chi connectivity index (χ4n) is 2.43. The molecule has 2 aliphatic rings. The molecule has 1 saturated carbocycles. The first-order valence-electron chi connectivity index (χ1n) is 6.76. The van der Waals surface area contributed by atoms with Crippen LogP contribution < -0.4 is 0 Å². The van der Waals surface area contributed by atoms with Crippen LogP contribution in [0.25, 0.3) is 0 Å². The summed E-state index contributed by atoms with van der Waals surface area (Å²) in [5, 5.41) is 0.184. The Balaban J connectivity index is 2.15. The van der Waals surface area contributed by atoms with E-state index in [0.29, 0.717) is 0 Å². The summed E-state index contributed by atoms with van der Waals surface area (Å²) in [6.45, 7) is 11.2. The SMILES string of the molecule is CC(C)(C)[Si](C)(C)O[C@@H]1CCC[C@]12C=CC(=O)O2. The Morgan fingerprint density at radius 2 is 2.11 bits per heavy atom. The zero-order valence-electron chi connectivity index (χ0n) is 12.1. The molecule has 2 atom stereocenters. The summed E-state index contributed by atoms with van der Waals surface area (Å²) < 4.78 is 12.0. The van der Waals surface area contributed by atoms with E-state index in [9.17, 15) is 4.79 Å². The van der Waals surface area contributed by atoms with Gasteiger partial charge in [0.1, 0.15) is 0 Å². The average Bonchev–Trinajstić information content (AvgIpc) is 2.74. The van der Waals surface area contributed by atoms with Crippen LogP contribution in [0.4, 0.5) is 0 Å². The van der Waals surface area contributed by atoms with E-state index in [1.807, 2.05) is 6.08 Å². The highest BCUT2D eigenvalue weighted by Gasteiger charge is 2.51. The summed E-state index contributed by atoms with van der Waals surface area (Å²) in [5.41, 5.74) is -0.466. The van der Waals surface area contributed by atoms with Gasteiger partial charge in [0.15, 0.2) is 13.9 Å². The molecule has 0 bridgehead atoms. The van der Waals surface area contributed by atoms with Crippen molar-refractivity contribution in [3.63, 3.8) is 0 Å². The summed E-state index contributed by atoms with van der Waals surface area (Å²) >= 11 is 0. The maximum atomic E-state index is 11.4. The van der Waals surface area contributed by atoms with Crippen LogP contribution in [0.5, 0.6) is 0 Å². The van der Waals surface area contributed by atoms with Gasteiger partial charge in [-0.3, -0.25) is 0 Å². The molecule has 0 amide bonds. The van der Waals surface area contributed by atoms with E-state index < -0.39 is 13.9 Å². The van der Waals surface area contributed by atoms with Gasteiger partial charge < -0.3 is 9.16 Å². The minimum absolute atomic E-state index is 0.0427. The lowest BCUT2D eigenvalue weighted by atomic mass is 10.0. The standard InChI is InChI=1S/C14H24O3Si/c1-13(2,3)18(4,5)17-11-7-6-9-14(11)10-8-12(15)16-14/h8,10-11H,6-7,9H2,1-5H3/t11-,14+/m1/s1. The Morgan fingerprint density at radius 3 is 2.61 bits per heavy atom. The number of hydrogen-bond acceptors (Lipinski definition) is 3. The fraction of sp³-hybridized carbons (Fsp3) is 0.786. The topological polar surface area (TPSA) is 35.5 Å². The number of rotatable bonds is 2. The third-order valence-corrected chi connectivity index (χ3v) is 9.10. The first-order valence-corrected chi connectivity index (χ1v) is 9.67. The van der Waals surface area contributed by atoms with Crippen molar-refractivity contribution in [2.45, 2.75) is 69.9 Å².